The van der Waals surface area contributed by atoms with Gasteiger partial charge in [-0.25, -0.2) is 4.79 Å². The summed E-state index contributed by atoms with van der Waals surface area (Å²) in [5.74, 6) is -2.93. The maximum Gasteiger partial charge on any atom is 0.328 e. The third-order valence-electron chi connectivity index (χ3n) is 4.09. The zero-order valence-electron chi connectivity index (χ0n) is 16.9. The van der Waals surface area contributed by atoms with Gasteiger partial charge in [0.25, 0.3) is 17.7 Å². The summed E-state index contributed by atoms with van der Waals surface area (Å²) in [6, 6.07) is 13.4. The molecule has 3 amide bonds. The number of rotatable bonds is 5. The highest BCUT2D eigenvalue weighted by molar-refractivity contribution is 6.04. The van der Waals surface area contributed by atoms with Crippen LogP contribution >= 0.6 is 0 Å². The number of carboxylic acid groups (broad SMARTS) is 1. The van der Waals surface area contributed by atoms with Gasteiger partial charge in [-0.1, -0.05) is 32.9 Å². The van der Waals surface area contributed by atoms with Crippen LogP contribution < -0.4 is 16.2 Å². The Bertz CT molecular complexity index is 971. The Morgan fingerprint density at radius 1 is 0.767 bits per heavy atom. The van der Waals surface area contributed by atoms with Crippen LogP contribution in [-0.2, 0) is 15.0 Å². The van der Waals surface area contributed by atoms with E-state index in [-0.39, 0.29) is 16.9 Å². The van der Waals surface area contributed by atoms with Gasteiger partial charge in [0.2, 0.25) is 0 Å². The number of carboxylic acids is 1. The fourth-order valence-corrected chi connectivity index (χ4v) is 2.41. The van der Waals surface area contributed by atoms with E-state index in [0.717, 1.165) is 11.6 Å². The summed E-state index contributed by atoms with van der Waals surface area (Å²) in [5.41, 5.74) is 6.60. The molecule has 0 atom stereocenters. The van der Waals surface area contributed by atoms with Crippen molar-refractivity contribution < 1.29 is 24.3 Å². The van der Waals surface area contributed by atoms with E-state index in [0.29, 0.717) is 17.3 Å². The zero-order chi connectivity index (χ0) is 22.3. The Morgan fingerprint density at radius 3 is 1.83 bits per heavy atom. The second-order valence-corrected chi connectivity index (χ2v) is 7.47. The molecule has 2 aromatic rings. The maximum atomic E-state index is 12.4. The van der Waals surface area contributed by atoms with Crippen molar-refractivity contribution in [3.63, 3.8) is 0 Å². The number of hydrogen-bond donors (Lipinski definition) is 4. The Balaban J connectivity index is 1.93. The predicted molar refractivity (Wildman–Crippen MR) is 112 cm³/mol. The van der Waals surface area contributed by atoms with E-state index in [9.17, 15) is 19.2 Å². The summed E-state index contributed by atoms with van der Waals surface area (Å²) in [7, 11) is 0. The van der Waals surface area contributed by atoms with Crippen LogP contribution in [0.5, 0.6) is 0 Å². The van der Waals surface area contributed by atoms with Gasteiger partial charge < -0.3 is 10.4 Å². The van der Waals surface area contributed by atoms with Crippen LogP contribution in [0.2, 0.25) is 0 Å². The number of hydrazine groups is 1. The summed E-state index contributed by atoms with van der Waals surface area (Å²) in [6.45, 7) is 6.29. The van der Waals surface area contributed by atoms with E-state index in [1.54, 1.807) is 24.3 Å². The van der Waals surface area contributed by atoms with Gasteiger partial charge >= 0.3 is 5.97 Å². The fourth-order valence-electron chi connectivity index (χ4n) is 2.41. The number of aliphatic carboxylic acids is 1. The summed E-state index contributed by atoms with van der Waals surface area (Å²) in [4.78, 5) is 46.1. The number of amides is 3. The molecule has 0 aliphatic heterocycles. The lowest BCUT2D eigenvalue weighted by Gasteiger charge is -2.19. The molecule has 2 aromatic carbocycles. The van der Waals surface area contributed by atoms with Crippen LogP contribution in [0.3, 0.4) is 0 Å². The molecule has 0 aliphatic rings. The van der Waals surface area contributed by atoms with Crippen LogP contribution in [0, 0.1) is 0 Å². The van der Waals surface area contributed by atoms with Gasteiger partial charge in [-0.2, -0.15) is 0 Å². The van der Waals surface area contributed by atoms with Crippen LogP contribution in [0.15, 0.2) is 60.7 Å². The molecule has 0 spiro atoms. The number of hydrogen-bond acceptors (Lipinski definition) is 4. The molecule has 8 nitrogen and oxygen atoms in total. The highest BCUT2D eigenvalue weighted by Crippen LogP contribution is 2.22. The van der Waals surface area contributed by atoms with Gasteiger partial charge in [0.05, 0.1) is 0 Å². The molecule has 0 fully saturated rings. The highest BCUT2D eigenvalue weighted by atomic mass is 16.4. The molecule has 0 bridgehead atoms. The van der Waals surface area contributed by atoms with Crippen molar-refractivity contribution in [2.45, 2.75) is 26.2 Å². The van der Waals surface area contributed by atoms with Crippen LogP contribution in [0.1, 0.15) is 47.1 Å². The zero-order valence-corrected chi connectivity index (χ0v) is 16.9. The van der Waals surface area contributed by atoms with E-state index in [1.165, 1.54) is 12.1 Å². The second kappa shape index (κ2) is 9.51. The molecule has 30 heavy (non-hydrogen) atoms. The quantitative estimate of drug-likeness (QED) is 0.446. The smallest absolute Gasteiger partial charge is 0.328 e. The van der Waals surface area contributed by atoms with E-state index >= 15 is 0 Å². The molecule has 2 rings (SSSR count). The van der Waals surface area contributed by atoms with E-state index in [1.807, 2.05) is 12.1 Å². The van der Waals surface area contributed by atoms with Crippen molar-refractivity contribution in [2.24, 2.45) is 0 Å². The van der Waals surface area contributed by atoms with Gasteiger partial charge in [0.15, 0.2) is 0 Å². The molecular weight excluding hydrogens is 386 g/mol. The summed E-state index contributed by atoms with van der Waals surface area (Å²) < 4.78 is 0. The average Bonchev–Trinajstić information content (AvgIpc) is 2.70. The molecule has 0 aliphatic carbocycles. The largest absolute Gasteiger partial charge is 0.478 e. The first kappa shape index (κ1) is 22.4. The summed E-state index contributed by atoms with van der Waals surface area (Å²) >= 11 is 0. The minimum atomic E-state index is -1.28. The van der Waals surface area contributed by atoms with Gasteiger partial charge in [-0.3, -0.25) is 25.2 Å². The Labute approximate surface area is 174 Å². The van der Waals surface area contributed by atoms with Gasteiger partial charge in [0, 0.05) is 29.0 Å². The number of carbonyl (C=O) groups excluding carboxylic acids is 3. The van der Waals surface area contributed by atoms with Crippen LogP contribution in [0.25, 0.3) is 0 Å². The number of benzene rings is 2. The molecule has 8 heteroatoms. The topological polar surface area (TPSA) is 125 Å². The summed E-state index contributed by atoms with van der Waals surface area (Å²) in [6.07, 6.45) is 1.42. The van der Waals surface area contributed by atoms with Crippen molar-refractivity contribution in [1.82, 2.24) is 10.9 Å². The molecule has 0 saturated carbocycles. The first-order chi connectivity index (χ1) is 14.1. The Kier molecular flexibility index (Phi) is 7.08. The lowest BCUT2D eigenvalue weighted by Crippen LogP contribution is -2.40. The molecular formula is C22H23N3O5. The van der Waals surface area contributed by atoms with E-state index in [4.69, 9.17) is 5.11 Å². The van der Waals surface area contributed by atoms with Crippen molar-refractivity contribution in [2.75, 3.05) is 5.32 Å². The lowest BCUT2D eigenvalue weighted by molar-refractivity contribution is -0.131. The first-order valence-corrected chi connectivity index (χ1v) is 9.09. The minimum absolute atomic E-state index is 0.00255. The maximum absolute atomic E-state index is 12.4. The normalized spacial score (nSPS) is 11.0. The van der Waals surface area contributed by atoms with Crippen molar-refractivity contribution in [3.8, 4) is 0 Å². The molecule has 0 saturated heterocycles. The monoisotopic (exact) mass is 409 g/mol. The summed E-state index contributed by atoms with van der Waals surface area (Å²) in [5, 5.41) is 11.2. The molecule has 0 unspecified atom stereocenters. The first-order valence-electron chi connectivity index (χ1n) is 9.09. The predicted octanol–water partition coefficient (Wildman–Crippen LogP) is 2.64. The molecule has 0 aromatic heterocycles. The average molecular weight is 409 g/mol. The molecule has 0 radical (unpaired) electrons. The third kappa shape index (κ3) is 6.59. The minimum Gasteiger partial charge on any atom is -0.478 e. The van der Waals surface area contributed by atoms with Gasteiger partial charge in [-0.15, -0.1) is 0 Å². The Hall–Kier alpha value is -3.94. The fraction of sp³-hybridized carbons (Fsp3) is 0.182. The lowest BCUT2D eigenvalue weighted by atomic mass is 9.87. The van der Waals surface area contributed by atoms with Crippen LogP contribution in [-0.4, -0.2) is 28.8 Å². The molecule has 0 heterocycles. The van der Waals surface area contributed by atoms with Crippen molar-refractivity contribution >= 4 is 29.4 Å². The van der Waals surface area contributed by atoms with E-state index < -0.39 is 17.8 Å². The second-order valence-electron chi connectivity index (χ2n) is 7.47. The Morgan fingerprint density at radius 2 is 1.30 bits per heavy atom. The third-order valence-corrected chi connectivity index (χ3v) is 4.09. The van der Waals surface area contributed by atoms with Crippen molar-refractivity contribution in [1.29, 1.82) is 0 Å². The standard InChI is InChI=1S/C22H23N3O5/c1-22(2,3)16-8-4-14(5-9-16)20(29)23-17-10-6-15(7-11-17)21(30)25-24-18(26)12-13-19(27)28/h4-13H,1-3H3,(H,23,29)(H,24,26)(H,25,30)(H,27,28)/b13-12+. The van der Waals surface area contributed by atoms with Crippen molar-refractivity contribution in [3.05, 3.63) is 77.4 Å². The van der Waals surface area contributed by atoms with Crippen LogP contribution in [0.4, 0.5) is 5.69 Å². The number of nitrogens with one attached hydrogen (secondary N) is 3. The van der Waals surface area contributed by atoms with Gasteiger partial charge in [0.1, 0.15) is 0 Å². The van der Waals surface area contributed by atoms with E-state index in [2.05, 4.69) is 36.9 Å². The SMILES string of the molecule is CC(C)(C)c1ccc(C(=O)Nc2ccc(C(=O)NNC(=O)/C=C/C(=O)O)cc2)cc1. The number of carbonyl (C=O) groups is 4. The van der Waals surface area contributed by atoms with Gasteiger partial charge in [-0.05, 0) is 47.4 Å². The highest BCUT2D eigenvalue weighted by Gasteiger charge is 2.14. The molecule has 156 valence electrons. The number of anilines is 1. The molecule has 4 N–H and O–H groups in total.